The molecule has 1 aromatic rings. The van der Waals surface area contributed by atoms with Gasteiger partial charge in [-0.25, -0.2) is 8.42 Å². The fourth-order valence-electron chi connectivity index (χ4n) is 2.44. The van der Waals surface area contributed by atoms with Crippen molar-refractivity contribution in [2.75, 3.05) is 6.54 Å². The lowest BCUT2D eigenvalue weighted by molar-refractivity contribution is -0.385. The van der Waals surface area contributed by atoms with E-state index in [1.807, 2.05) is 0 Å². The Labute approximate surface area is 117 Å². The molecule has 110 valence electrons. The number of nitrogens with two attached hydrogens (primary N) is 1. The van der Waals surface area contributed by atoms with Gasteiger partial charge in [0.25, 0.3) is 5.69 Å². The number of benzene rings is 1. The SMILES string of the molecule is Cc1cc([N+](=O)[O-])ccc1S(=O)(=O)N1CCC(N)C1C. The molecule has 1 fully saturated rings. The first-order valence-corrected chi connectivity index (χ1v) is 7.71. The van der Waals surface area contributed by atoms with Crippen LogP contribution in [0.25, 0.3) is 0 Å². The molecule has 0 aromatic heterocycles. The molecule has 1 saturated heterocycles. The van der Waals surface area contributed by atoms with Gasteiger partial charge in [-0.2, -0.15) is 4.31 Å². The number of non-ortho nitro benzene ring substituents is 1. The minimum Gasteiger partial charge on any atom is -0.326 e. The molecule has 1 aromatic carbocycles. The van der Waals surface area contributed by atoms with E-state index >= 15 is 0 Å². The largest absolute Gasteiger partial charge is 0.326 e. The summed E-state index contributed by atoms with van der Waals surface area (Å²) in [6, 6.07) is 3.32. The monoisotopic (exact) mass is 299 g/mol. The molecule has 1 aliphatic heterocycles. The maximum absolute atomic E-state index is 12.6. The van der Waals surface area contributed by atoms with Crippen LogP contribution in [0.5, 0.6) is 0 Å². The van der Waals surface area contributed by atoms with E-state index in [4.69, 9.17) is 5.73 Å². The Morgan fingerprint density at radius 1 is 1.45 bits per heavy atom. The van der Waals surface area contributed by atoms with E-state index in [9.17, 15) is 18.5 Å². The zero-order chi connectivity index (χ0) is 15.1. The molecule has 2 atom stereocenters. The normalized spacial score (nSPS) is 23.9. The molecule has 0 amide bonds. The summed E-state index contributed by atoms with van der Waals surface area (Å²) in [5, 5.41) is 10.7. The van der Waals surface area contributed by atoms with Gasteiger partial charge in [0.15, 0.2) is 0 Å². The summed E-state index contributed by atoms with van der Waals surface area (Å²) in [4.78, 5) is 10.3. The highest BCUT2D eigenvalue weighted by molar-refractivity contribution is 7.89. The van der Waals surface area contributed by atoms with Crippen LogP contribution in [0.2, 0.25) is 0 Å². The topological polar surface area (TPSA) is 107 Å². The smallest absolute Gasteiger partial charge is 0.269 e. The lowest BCUT2D eigenvalue weighted by Crippen LogP contribution is -2.40. The summed E-state index contributed by atoms with van der Waals surface area (Å²) in [5.41, 5.74) is 6.10. The first-order valence-electron chi connectivity index (χ1n) is 6.27. The molecule has 0 saturated carbocycles. The van der Waals surface area contributed by atoms with Crippen molar-refractivity contribution in [2.24, 2.45) is 5.73 Å². The quantitative estimate of drug-likeness (QED) is 0.662. The Balaban J connectivity index is 2.43. The van der Waals surface area contributed by atoms with Crippen molar-refractivity contribution in [2.45, 2.75) is 37.2 Å². The Morgan fingerprint density at radius 3 is 2.55 bits per heavy atom. The number of rotatable bonds is 3. The lowest BCUT2D eigenvalue weighted by atomic mass is 10.2. The third kappa shape index (κ3) is 2.41. The van der Waals surface area contributed by atoms with Gasteiger partial charge in [0.1, 0.15) is 0 Å². The van der Waals surface area contributed by atoms with E-state index in [0.29, 0.717) is 18.5 Å². The van der Waals surface area contributed by atoms with Crippen LogP contribution in [0.3, 0.4) is 0 Å². The van der Waals surface area contributed by atoms with Crippen LogP contribution in [-0.4, -0.2) is 36.3 Å². The Kier molecular flexibility index (Phi) is 3.81. The van der Waals surface area contributed by atoms with Crippen molar-refractivity contribution in [3.05, 3.63) is 33.9 Å². The van der Waals surface area contributed by atoms with Gasteiger partial charge < -0.3 is 5.73 Å². The molecular weight excluding hydrogens is 282 g/mol. The zero-order valence-corrected chi connectivity index (χ0v) is 12.1. The van der Waals surface area contributed by atoms with Crippen LogP contribution in [0, 0.1) is 17.0 Å². The Bertz CT molecular complexity index is 644. The fraction of sp³-hybridized carbons (Fsp3) is 0.500. The summed E-state index contributed by atoms with van der Waals surface area (Å²) >= 11 is 0. The van der Waals surface area contributed by atoms with Crippen molar-refractivity contribution in [3.63, 3.8) is 0 Å². The zero-order valence-electron chi connectivity index (χ0n) is 11.3. The molecule has 0 aliphatic carbocycles. The second-order valence-electron chi connectivity index (χ2n) is 5.02. The first-order chi connectivity index (χ1) is 9.25. The predicted molar refractivity (Wildman–Crippen MR) is 73.8 cm³/mol. The van der Waals surface area contributed by atoms with Crippen LogP contribution in [0.15, 0.2) is 23.1 Å². The number of nitro groups is 1. The predicted octanol–water partition coefficient (Wildman–Crippen LogP) is 1.01. The second-order valence-corrected chi connectivity index (χ2v) is 6.87. The van der Waals surface area contributed by atoms with Gasteiger partial charge in [0, 0.05) is 30.8 Å². The van der Waals surface area contributed by atoms with E-state index in [0.717, 1.165) is 0 Å². The third-order valence-electron chi connectivity index (χ3n) is 3.71. The summed E-state index contributed by atoms with van der Waals surface area (Å²) < 4.78 is 26.6. The first kappa shape index (κ1) is 14.9. The summed E-state index contributed by atoms with van der Waals surface area (Å²) in [6.07, 6.45) is 0.617. The van der Waals surface area contributed by atoms with Gasteiger partial charge in [0.05, 0.1) is 9.82 Å². The molecule has 2 N–H and O–H groups in total. The number of aryl methyl sites for hydroxylation is 1. The molecule has 2 rings (SSSR count). The highest BCUT2D eigenvalue weighted by atomic mass is 32.2. The molecule has 1 aliphatic rings. The van der Waals surface area contributed by atoms with Crippen LogP contribution < -0.4 is 5.73 Å². The van der Waals surface area contributed by atoms with Gasteiger partial charge in [-0.1, -0.05) is 0 Å². The van der Waals surface area contributed by atoms with Crippen LogP contribution in [-0.2, 0) is 10.0 Å². The van der Waals surface area contributed by atoms with Crippen molar-refractivity contribution < 1.29 is 13.3 Å². The van der Waals surface area contributed by atoms with Crippen molar-refractivity contribution in [1.82, 2.24) is 4.31 Å². The minimum absolute atomic E-state index is 0.101. The molecule has 1 heterocycles. The fourth-order valence-corrected chi connectivity index (χ4v) is 4.34. The van der Waals surface area contributed by atoms with Crippen LogP contribution in [0.1, 0.15) is 18.9 Å². The van der Waals surface area contributed by atoms with Crippen molar-refractivity contribution in [3.8, 4) is 0 Å². The molecule has 0 radical (unpaired) electrons. The van der Waals surface area contributed by atoms with Gasteiger partial charge in [-0.05, 0) is 31.9 Å². The highest BCUT2D eigenvalue weighted by Crippen LogP contribution is 2.28. The Hall–Kier alpha value is -1.51. The average molecular weight is 299 g/mol. The molecule has 0 bridgehead atoms. The summed E-state index contributed by atoms with van der Waals surface area (Å²) in [6.45, 7) is 3.71. The maximum Gasteiger partial charge on any atom is 0.269 e. The number of nitrogens with zero attached hydrogens (tertiary/aromatic N) is 2. The van der Waals surface area contributed by atoms with Gasteiger partial charge in [-0.15, -0.1) is 0 Å². The summed E-state index contributed by atoms with van der Waals surface area (Å²) in [7, 11) is -3.66. The minimum atomic E-state index is -3.66. The molecular formula is C12H17N3O4S. The highest BCUT2D eigenvalue weighted by Gasteiger charge is 2.38. The van der Waals surface area contributed by atoms with E-state index in [-0.39, 0.29) is 22.7 Å². The summed E-state index contributed by atoms with van der Waals surface area (Å²) in [5.74, 6) is 0. The molecule has 0 spiro atoms. The maximum atomic E-state index is 12.6. The van der Waals surface area contributed by atoms with E-state index < -0.39 is 14.9 Å². The molecule has 7 nitrogen and oxygen atoms in total. The van der Waals surface area contributed by atoms with E-state index in [1.165, 1.54) is 22.5 Å². The number of nitro benzene ring substituents is 1. The second kappa shape index (κ2) is 5.12. The van der Waals surface area contributed by atoms with Gasteiger partial charge in [-0.3, -0.25) is 10.1 Å². The number of hydrogen-bond donors (Lipinski definition) is 1. The molecule has 2 unspecified atom stereocenters. The van der Waals surface area contributed by atoms with Crippen molar-refractivity contribution >= 4 is 15.7 Å². The van der Waals surface area contributed by atoms with E-state index in [2.05, 4.69) is 0 Å². The van der Waals surface area contributed by atoms with E-state index in [1.54, 1.807) is 13.8 Å². The average Bonchev–Trinajstić information content (AvgIpc) is 2.70. The standard InChI is InChI=1S/C12H17N3O4S/c1-8-7-10(15(16)17)3-4-12(8)20(18,19)14-6-5-11(13)9(14)2/h3-4,7,9,11H,5-6,13H2,1-2H3. The van der Waals surface area contributed by atoms with Gasteiger partial charge in [0.2, 0.25) is 10.0 Å². The van der Waals surface area contributed by atoms with Crippen molar-refractivity contribution in [1.29, 1.82) is 0 Å². The third-order valence-corrected chi connectivity index (χ3v) is 5.86. The van der Waals surface area contributed by atoms with Crippen LogP contribution >= 0.6 is 0 Å². The Morgan fingerprint density at radius 2 is 2.10 bits per heavy atom. The number of sulfonamides is 1. The lowest BCUT2D eigenvalue weighted by Gasteiger charge is -2.23. The van der Waals surface area contributed by atoms with Crippen LogP contribution in [0.4, 0.5) is 5.69 Å². The molecule has 20 heavy (non-hydrogen) atoms. The number of hydrogen-bond acceptors (Lipinski definition) is 5. The van der Waals surface area contributed by atoms with Gasteiger partial charge >= 0.3 is 0 Å². The molecule has 8 heteroatoms.